The van der Waals surface area contributed by atoms with E-state index in [4.69, 9.17) is 0 Å². The SMILES string of the molecule is CC1(C)c2cc(N(c3ccccc3)c3ccc4ccccc4c3)ccc2-c2c1ccc1c2sc2ccccc21. The predicted octanol–water partition coefficient (Wildman–Crippen LogP) is 11.0. The first-order chi connectivity index (χ1) is 19.1. The van der Waals surface area contributed by atoms with E-state index in [1.54, 1.807) is 0 Å². The Bertz CT molecular complexity index is 2050. The first-order valence-electron chi connectivity index (χ1n) is 13.5. The van der Waals surface area contributed by atoms with Crippen LogP contribution in [-0.4, -0.2) is 0 Å². The Balaban J connectivity index is 1.35. The van der Waals surface area contributed by atoms with Gasteiger partial charge in [-0.05, 0) is 69.9 Å². The first-order valence-corrected chi connectivity index (χ1v) is 14.3. The van der Waals surface area contributed by atoms with E-state index in [-0.39, 0.29) is 5.41 Å². The van der Waals surface area contributed by atoms with Crippen LogP contribution in [0.15, 0.2) is 127 Å². The number of fused-ring (bicyclic) bond motifs is 8. The zero-order chi connectivity index (χ0) is 26.1. The Morgan fingerprint density at radius 1 is 0.538 bits per heavy atom. The number of rotatable bonds is 3. The molecule has 0 N–H and O–H groups in total. The zero-order valence-corrected chi connectivity index (χ0v) is 22.8. The fraction of sp³-hybridized carbons (Fsp3) is 0.0811. The molecular formula is C37H27NS. The monoisotopic (exact) mass is 517 g/mol. The summed E-state index contributed by atoms with van der Waals surface area (Å²) in [5, 5.41) is 5.23. The number of hydrogen-bond acceptors (Lipinski definition) is 2. The second kappa shape index (κ2) is 8.30. The van der Waals surface area contributed by atoms with Crippen molar-refractivity contribution in [1.82, 2.24) is 0 Å². The van der Waals surface area contributed by atoms with Crippen molar-refractivity contribution in [2.75, 3.05) is 4.90 Å². The lowest BCUT2D eigenvalue weighted by molar-refractivity contribution is 0.661. The van der Waals surface area contributed by atoms with E-state index >= 15 is 0 Å². The zero-order valence-electron chi connectivity index (χ0n) is 22.0. The third-order valence-electron chi connectivity index (χ3n) is 8.43. The minimum atomic E-state index is -0.0865. The van der Waals surface area contributed by atoms with Gasteiger partial charge >= 0.3 is 0 Å². The smallest absolute Gasteiger partial charge is 0.0468 e. The lowest BCUT2D eigenvalue weighted by Crippen LogP contribution is -2.16. The van der Waals surface area contributed by atoms with Gasteiger partial charge in [0.05, 0.1) is 0 Å². The van der Waals surface area contributed by atoms with Crippen LogP contribution in [-0.2, 0) is 5.41 Å². The third-order valence-corrected chi connectivity index (χ3v) is 9.63. The summed E-state index contributed by atoms with van der Waals surface area (Å²) in [6.45, 7) is 4.76. The summed E-state index contributed by atoms with van der Waals surface area (Å²) in [4.78, 5) is 2.39. The standard InChI is InChI=1S/C37H27NS/c1-37(2)32-21-20-30-29-14-8-9-15-34(29)39-36(30)35(32)31-19-18-28(23-33(31)37)38(26-12-4-3-5-13-26)27-17-16-24-10-6-7-11-25(24)22-27/h3-23H,1-2H3. The van der Waals surface area contributed by atoms with Gasteiger partial charge in [-0.25, -0.2) is 0 Å². The Kier molecular flexibility index (Phi) is 4.80. The van der Waals surface area contributed by atoms with Gasteiger partial charge in [0.25, 0.3) is 0 Å². The van der Waals surface area contributed by atoms with Gasteiger partial charge in [0, 0.05) is 48.2 Å². The van der Waals surface area contributed by atoms with E-state index in [1.165, 1.54) is 64.6 Å². The highest BCUT2D eigenvalue weighted by Crippen LogP contribution is 2.55. The number of hydrogen-bond donors (Lipinski definition) is 0. The normalized spacial score (nSPS) is 13.6. The van der Waals surface area contributed by atoms with Crippen molar-refractivity contribution >= 4 is 59.3 Å². The summed E-state index contributed by atoms with van der Waals surface area (Å²) < 4.78 is 2.76. The molecule has 0 spiro atoms. The second-order valence-corrected chi connectivity index (χ2v) is 12.1. The van der Waals surface area contributed by atoms with E-state index < -0.39 is 0 Å². The fourth-order valence-electron chi connectivity index (χ4n) is 6.47. The van der Waals surface area contributed by atoms with Crippen molar-refractivity contribution in [1.29, 1.82) is 0 Å². The molecule has 0 aliphatic heterocycles. The van der Waals surface area contributed by atoms with Gasteiger partial charge in [0.15, 0.2) is 0 Å². The van der Waals surface area contributed by atoms with Gasteiger partial charge in [0.2, 0.25) is 0 Å². The maximum atomic E-state index is 2.43. The highest BCUT2D eigenvalue weighted by molar-refractivity contribution is 7.26. The van der Waals surface area contributed by atoms with Crippen molar-refractivity contribution in [2.24, 2.45) is 0 Å². The Morgan fingerprint density at radius 3 is 2.13 bits per heavy atom. The first kappa shape index (κ1) is 22.6. The molecule has 0 unspecified atom stereocenters. The summed E-state index contributed by atoms with van der Waals surface area (Å²) >= 11 is 1.93. The molecule has 0 saturated heterocycles. The average Bonchev–Trinajstić information content (AvgIpc) is 3.46. The summed E-state index contributed by atoms with van der Waals surface area (Å²) in [7, 11) is 0. The van der Waals surface area contributed by atoms with Crippen LogP contribution in [0, 0.1) is 0 Å². The Labute approximate surface area is 232 Å². The molecule has 2 heteroatoms. The summed E-state index contributed by atoms with van der Waals surface area (Å²) in [5.41, 5.74) is 9.01. The lowest BCUT2D eigenvalue weighted by atomic mass is 9.82. The summed E-state index contributed by atoms with van der Waals surface area (Å²) in [6, 6.07) is 46.7. The molecule has 0 amide bonds. The lowest BCUT2D eigenvalue weighted by Gasteiger charge is -2.28. The van der Waals surface area contributed by atoms with E-state index in [1.807, 2.05) is 11.3 Å². The van der Waals surface area contributed by atoms with Crippen LogP contribution in [0.2, 0.25) is 0 Å². The molecule has 0 bridgehead atoms. The summed E-state index contributed by atoms with van der Waals surface area (Å²) in [5.74, 6) is 0. The van der Waals surface area contributed by atoms with Gasteiger partial charge in [-0.1, -0.05) is 98.8 Å². The minimum absolute atomic E-state index is 0.0865. The van der Waals surface area contributed by atoms with E-state index in [2.05, 4.69) is 146 Å². The molecule has 7 aromatic rings. The molecule has 0 fully saturated rings. The maximum Gasteiger partial charge on any atom is 0.0468 e. The second-order valence-electron chi connectivity index (χ2n) is 11.0. The third kappa shape index (κ3) is 3.32. The molecule has 186 valence electrons. The topological polar surface area (TPSA) is 3.24 Å². The van der Waals surface area contributed by atoms with Crippen LogP contribution in [0.4, 0.5) is 17.1 Å². The number of nitrogens with zero attached hydrogens (tertiary/aromatic N) is 1. The van der Waals surface area contributed by atoms with Crippen molar-refractivity contribution in [3.05, 3.63) is 139 Å². The Morgan fingerprint density at radius 2 is 1.26 bits per heavy atom. The van der Waals surface area contributed by atoms with E-state index in [9.17, 15) is 0 Å². The van der Waals surface area contributed by atoms with Crippen LogP contribution < -0.4 is 4.90 Å². The van der Waals surface area contributed by atoms with Crippen molar-refractivity contribution in [3.8, 4) is 11.1 Å². The number of thiophene rings is 1. The average molecular weight is 518 g/mol. The molecule has 39 heavy (non-hydrogen) atoms. The molecule has 6 aromatic carbocycles. The molecule has 1 aliphatic rings. The molecule has 0 atom stereocenters. The molecule has 0 radical (unpaired) electrons. The molecule has 1 aromatic heterocycles. The van der Waals surface area contributed by atoms with Gasteiger partial charge < -0.3 is 4.90 Å². The number of anilines is 3. The van der Waals surface area contributed by atoms with Gasteiger partial charge in [0.1, 0.15) is 0 Å². The molecule has 1 heterocycles. The van der Waals surface area contributed by atoms with E-state index in [0.717, 1.165) is 5.69 Å². The molecule has 0 saturated carbocycles. The van der Waals surface area contributed by atoms with Crippen LogP contribution in [0.25, 0.3) is 42.1 Å². The van der Waals surface area contributed by atoms with Gasteiger partial charge in [-0.15, -0.1) is 11.3 Å². The van der Waals surface area contributed by atoms with Crippen LogP contribution in [0.5, 0.6) is 0 Å². The minimum Gasteiger partial charge on any atom is -0.310 e. The molecule has 8 rings (SSSR count). The Hall–Kier alpha value is -4.40. The number of para-hydroxylation sites is 1. The maximum absolute atomic E-state index is 2.43. The van der Waals surface area contributed by atoms with Crippen LogP contribution >= 0.6 is 11.3 Å². The largest absolute Gasteiger partial charge is 0.310 e. The molecular weight excluding hydrogens is 490 g/mol. The van der Waals surface area contributed by atoms with E-state index in [0.29, 0.717) is 0 Å². The van der Waals surface area contributed by atoms with Gasteiger partial charge in [-0.3, -0.25) is 0 Å². The summed E-state index contributed by atoms with van der Waals surface area (Å²) in [6.07, 6.45) is 0. The van der Waals surface area contributed by atoms with Crippen LogP contribution in [0.3, 0.4) is 0 Å². The van der Waals surface area contributed by atoms with Crippen molar-refractivity contribution in [2.45, 2.75) is 19.3 Å². The number of benzene rings is 6. The quantitative estimate of drug-likeness (QED) is 0.225. The van der Waals surface area contributed by atoms with Crippen molar-refractivity contribution < 1.29 is 0 Å². The highest BCUT2D eigenvalue weighted by Gasteiger charge is 2.37. The molecule has 1 nitrogen and oxygen atoms in total. The fourth-order valence-corrected chi connectivity index (χ4v) is 7.73. The predicted molar refractivity (Wildman–Crippen MR) is 169 cm³/mol. The highest BCUT2D eigenvalue weighted by atomic mass is 32.1. The van der Waals surface area contributed by atoms with Crippen molar-refractivity contribution in [3.63, 3.8) is 0 Å². The van der Waals surface area contributed by atoms with Gasteiger partial charge in [-0.2, -0.15) is 0 Å². The van der Waals surface area contributed by atoms with Crippen LogP contribution in [0.1, 0.15) is 25.0 Å². The molecule has 1 aliphatic carbocycles.